The Morgan fingerprint density at radius 3 is 2.75 bits per heavy atom. The molecule has 24 heavy (non-hydrogen) atoms. The molecule has 0 aliphatic heterocycles. The second kappa shape index (κ2) is 6.27. The molecule has 0 aliphatic rings. The molecule has 0 radical (unpaired) electrons. The van der Waals surface area contributed by atoms with Crippen molar-refractivity contribution < 1.29 is 14.3 Å². The van der Waals surface area contributed by atoms with Crippen molar-refractivity contribution in [2.75, 3.05) is 6.61 Å². The van der Waals surface area contributed by atoms with Crippen LogP contribution in [0.1, 0.15) is 39.0 Å². The van der Waals surface area contributed by atoms with Crippen LogP contribution in [0.15, 0.2) is 24.3 Å². The number of fused-ring (bicyclic) bond motifs is 1. The van der Waals surface area contributed by atoms with Gasteiger partial charge in [0, 0.05) is 5.69 Å². The van der Waals surface area contributed by atoms with Crippen LogP contribution in [0.4, 0.5) is 0 Å². The Bertz CT molecular complexity index is 923. The van der Waals surface area contributed by atoms with Crippen LogP contribution < -0.4 is 0 Å². The summed E-state index contributed by atoms with van der Waals surface area (Å²) in [6, 6.07) is 7.44. The number of nitrogens with one attached hydrogen (secondary N) is 1. The average molecular weight is 326 g/mol. The number of aryl methyl sites for hydroxylation is 1. The van der Waals surface area contributed by atoms with Crippen LogP contribution in [0, 0.1) is 13.8 Å². The lowest BCUT2D eigenvalue weighted by Crippen LogP contribution is -2.13. The summed E-state index contributed by atoms with van der Waals surface area (Å²) < 4.78 is 6.60. The van der Waals surface area contributed by atoms with Gasteiger partial charge in [0.1, 0.15) is 12.1 Å². The standard InChI is InChI=1S/C17H18N4O3/c1-4-24-17(23)15-10(2)16(18-11(15)3)14(22)9-21-13-8-6-5-7-12(13)19-20-21/h5-8,18H,4,9H2,1-3H3. The summed E-state index contributed by atoms with van der Waals surface area (Å²) in [6.07, 6.45) is 0. The van der Waals surface area contributed by atoms with Gasteiger partial charge in [-0.25, -0.2) is 9.48 Å². The first kappa shape index (κ1) is 15.9. The normalized spacial score (nSPS) is 11.0. The minimum atomic E-state index is -0.422. The number of ether oxygens (including phenoxy) is 1. The van der Waals surface area contributed by atoms with E-state index in [0.29, 0.717) is 22.5 Å². The number of Topliss-reactive ketones (excluding diaryl/α,β-unsaturated/α-hetero) is 1. The first-order valence-electron chi connectivity index (χ1n) is 7.70. The van der Waals surface area contributed by atoms with E-state index < -0.39 is 5.97 Å². The van der Waals surface area contributed by atoms with E-state index in [4.69, 9.17) is 4.74 Å². The molecule has 0 spiro atoms. The maximum atomic E-state index is 12.7. The number of aromatic amines is 1. The number of H-pyrrole nitrogens is 1. The fourth-order valence-corrected chi connectivity index (χ4v) is 2.79. The Morgan fingerprint density at radius 1 is 1.25 bits per heavy atom. The summed E-state index contributed by atoms with van der Waals surface area (Å²) in [6.45, 7) is 5.57. The van der Waals surface area contributed by atoms with Gasteiger partial charge in [-0.1, -0.05) is 17.3 Å². The van der Waals surface area contributed by atoms with Crippen LogP contribution in [-0.4, -0.2) is 38.3 Å². The van der Waals surface area contributed by atoms with Crippen molar-refractivity contribution in [1.29, 1.82) is 0 Å². The van der Waals surface area contributed by atoms with E-state index >= 15 is 0 Å². The molecule has 2 heterocycles. The van der Waals surface area contributed by atoms with Gasteiger partial charge in [0.2, 0.25) is 5.78 Å². The second-order valence-corrected chi connectivity index (χ2v) is 5.50. The van der Waals surface area contributed by atoms with Crippen LogP contribution in [0.5, 0.6) is 0 Å². The molecule has 0 fully saturated rings. The molecular formula is C17H18N4O3. The lowest BCUT2D eigenvalue weighted by molar-refractivity contribution is 0.0525. The third-order valence-corrected chi connectivity index (χ3v) is 3.91. The molecule has 0 bridgehead atoms. The molecular weight excluding hydrogens is 308 g/mol. The van der Waals surface area contributed by atoms with Crippen LogP contribution in [0.2, 0.25) is 0 Å². The number of para-hydroxylation sites is 1. The molecule has 0 unspecified atom stereocenters. The lowest BCUT2D eigenvalue weighted by atomic mass is 10.1. The highest BCUT2D eigenvalue weighted by molar-refractivity contribution is 6.01. The third kappa shape index (κ3) is 2.68. The molecule has 1 N–H and O–H groups in total. The summed E-state index contributed by atoms with van der Waals surface area (Å²) >= 11 is 0. The van der Waals surface area contributed by atoms with Crippen molar-refractivity contribution >= 4 is 22.8 Å². The van der Waals surface area contributed by atoms with E-state index in [2.05, 4.69) is 15.3 Å². The maximum Gasteiger partial charge on any atom is 0.340 e. The predicted octanol–water partition coefficient (Wildman–Crippen LogP) is 2.44. The van der Waals surface area contributed by atoms with Gasteiger partial charge in [-0.05, 0) is 38.5 Å². The molecule has 0 atom stereocenters. The molecule has 0 amide bonds. The molecule has 3 rings (SSSR count). The Balaban J connectivity index is 1.91. The second-order valence-electron chi connectivity index (χ2n) is 5.50. The fraction of sp³-hybridized carbons (Fsp3) is 0.294. The summed E-state index contributed by atoms with van der Waals surface area (Å²) in [7, 11) is 0. The van der Waals surface area contributed by atoms with E-state index in [9.17, 15) is 9.59 Å². The summed E-state index contributed by atoms with van der Waals surface area (Å²) in [5.74, 6) is -0.587. The van der Waals surface area contributed by atoms with Gasteiger partial charge in [0.25, 0.3) is 0 Å². The van der Waals surface area contributed by atoms with Crippen molar-refractivity contribution in [3.05, 3.63) is 46.8 Å². The predicted molar refractivity (Wildman–Crippen MR) is 88.1 cm³/mol. The number of rotatable bonds is 5. The number of benzene rings is 1. The molecule has 7 nitrogen and oxygen atoms in total. The number of nitrogens with zero attached hydrogens (tertiary/aromatic N) is 3. The van der Waals surface area contributed by atoms with Crippen LogP contribution in [0.3, 0.4) is 0 Å². The number of aromatic nitrogens is 4. The SMILES string of the molecule is CCOC(=O)c1c(C)[nH]c(C(=O)Cn2nnc3ccccc32)c1C. The molecule has 124 valence electrons. The van der Waals surface area contributed by atoms with E-state index in [1.54, 1.807) is 25.5 Å². The number of hydrogen-bond donors (Lipinski definition) is 1. The average Bonchev–Trinajstić information content (AvgIpc) is 3.09. The molecule has 0 saturated heterocycles. The van der Waals surface area contributed by atoms with Gasteiger partial charge in [-0.3, -0.25) is 4.79 Å². The number of carbonyl (C=O) groups is 2. The molecule has 0 saturated carbocycles. The van der Waals surface area contributed by atoms with Crippen molar-refractivity contribution in [2.45, 2.75) is 27.3 Å². The number of hydrogen-bond acceptors (Lipinski definition) is 5. The summed E-state index contributed by atoms with van der Waals surface area (Å²) in [4.78, 5) is 27.7. The first-order valence-corrected chi connectivity index (χ1v) is 7.70. The number of esters is 1. The highest BCUT2D eigenvalue weighted by Gasteiger charge is 2.23. The topological polar surface area (TPSA) is 89.9 Å². The van der Waals surface area contributed by atoms with Crippen molar-refractivity contribution in [1.82, 2.24) is 20.0 Å². The minimum Gasteiger partial charge on any atom is -0.462 e. The van der Waals surface area contributed by atoms with Crippen LogP contribution >= 0.6 is 0 Å². The van der Waals surface area contributed by atoms with Crippen molar-refractivity contribution in [3.8, 4) is 0 Å². The summed E-state index contributed by atoms with van der Waals surface area (Å²) in [5.41, 5.74) is 3.56. The largest absolute Gasteiger partial charge is 0.462 e. The molecule has 7 heteroatoms. The summed E-state index contributed by atoms with van der Waals surface area (Å²) in [5, 5.41) is 8.06. The van der Waals surface area contributed by atoms with Crippen LogP contribution in [-0.2, 0) is 11.3 Å². The molecule has 0 aliphatic carbocycles. The molecule has 3 aromatic rings. The number of ketones is 1. The van der Waals surface area contributed by atoms with E-state index in [-0.39, 0.29) is 18.9 Å². The zero-order valence-electron chi connectivity index (χ0n) is 13.8. The van der Waals surface area contributed by atoms with Crippen LogP contribution in [0.25, 0.3) is 11.0 Å². The zero-order chi connectivity index (χ0) is 17.3. The van der Waals surface area contributed by atoms with Gasteiger partial charge < -0.3 is 9.72 Å². The van der Waals surface area contributed by atoms with Gasteiger partial charge in [0.05, 0.1) is 23.4 Å². The minimum absolute atomic E-state index is 0.0452. The molecule has 1 aromatic carbocycles. The zero-order valence-corrected chi connectivity index (χ0v) is 13.8. The van der Waals surface area contributed by atoms with E-state index in [1.807, 2.05) is 24.3 Å². The quantitative estimate of drug-likeness (QED) is 0.574. The Labute approximate surface area is 138 Å². The monoisotopic (exact) mass is 326 g/mol. The maximum absolute atomic E-state index is 12.7. The van der Waals surface area contributed by atoms with Gasteiger partial charge in [-0.2, -0.15) is 0 Å². The Hall–Kier alpha value is -2.96. The third-order valence-electron chi connectivity index (χ3n) is 3.91. The smallest absolute Gasteiger partial charge is 0.340 e. The van der Waals surface area contributed by atoms with Gasteiger partial charge in [0.15, 0.2) is 0 Å². The van der Waals surface area contributed by atoms with Crippen molar-refractivity contribution in [3.63, 3.8) is 0 Å². The molecule has 2 aromatic heterocycles. The Kier molecular flexibility index (Phi) is 4.16. The van der Waals surface area contributed by atoms with E-state index in [0.717, 1.165) is 11.0 Å². The Morgan fingerprint density at radius 2 is 2.00 bits per heavy atom. The highest BCUT2D eigenvalue weighted by Crippen LogP contribution is 2.20. The number of carbonyl (C=O) groups excluding carboxylic acids is 2. The first-order chi connectivity index (χ1) is 11.5. The fourth-order valence-electron chi connectivity index (χ4n) is 2.79. The highest BCUT2D eigenvalue weighted by atomic mass is 16.5. The van der Waals surface area contributed by atoms with E-state index in [1.165, 1.54) is 0 Å². The van der Waals surface area contributed by atoms with Gasteiger partial charge >= 0.3 is 5.97 Å². The van der Waals surface area contributed by atoms with Crippen molar-refractivity contribution in [2.24, 2.45) is 0 Å². The van der Waals surface area contributed by atoms with Gasteiger partial charge in [-0.15, -0.1) is 5.10 Å². The lowest BCUT2D eigenvalue weighted by Gasteiger charge is -2.03.